The van der Waals surface area contributed by atoms with Gasteiger partial charge in [0.05, 0.1) is 5.02 Å². The lowest BCUT2D eigenvalue weighted by atomic mass is 9.92. The molecule has 1 saturated heterocycles. The molecule has 1 aromatic rings. The van der Waals surface area contributed by atoms with Crippen LogP contribution in [-0.2, 0) is 15.0 Å². The minimum absolute atomic E-state index is 0.104. The van der Waals surface area contributed by atoms with Gasteiger partial charge in [-0.1, -0.05) is 24.4 Å². The van der Waals surface area contributed by atoms with E-state index in [9.17, 15) is 17.6 Å². The molecule has 0 bridgehead atoms. The molecule has 6 nitrogen and oxygen atoms in total. The number of anilines is 1. The molecule has 0 radical (unpaired) electrons. The zero-order valence-corrected chi connectivity index (χ0v) is 15.4. The van der Waals surface area contributed by atoms with Crippen LogP contribution in [0.1, 0.15) is 32.1 Å². The Bertz CT molecular complexity index is 768. The first kappa shape index (κ1) is 18.6. The predicted molar refractivity (Wildman–Crippen MR) is 94.0 cm³/mol. The molecule has 1 saturated carbocycles. The Morgan fingerprint density at radius 2 is 2.04 bits per heavy atom. The van der Waals surface area contributed by atoms with Crippen molar-refractivity contribution in [3.63, 3.8) is 0 Å². The van der Waals surface area contributed by atoms with Crippen molar-refractivity contribution < 1.29 is 17.6 Å². The van der Waals surface area contributed by atoms with E-state index in [4.69, 9.17) is 11.6 Å². The Morgan fingerprint density at radius 1 is 1.36 bits per heavy atom. The Hall–Kier alpha value is -1.22. The Morgan fingerprint density at radius 3 is 2.68 bits per heavy atom. The monoisotopic (exact) mass is 389 g/mol. The Balaban J connectivity index is 1.77. The molecule has 0 spiro atoms. The predicted octanol–water partition coefficient (Wildman–Crippen LogP) is 2.51. The highest BCUT2D eigenvalue weighted by atomic mass is 35.5. The third-order valence-corrected chi connectivity index (χ3v) is 6.96. The lowest BCUT2D eigenvalue weighted by molar-refractivity contribution is -0.120. The average Bonchev–Trinajstić information content (AvgIpc) is 3.07. The highest BCUT2D eigenvalue weighted by molar-refractivity contribution is 7.87. The van der Waals surface area contributed by atoms with E-state index in [0.29, 0.717) is 12.1 Å². The highest BCUT2D eigenvalue weighted by Gasteiger charge is 2.43. The van der Waals surface area contributed by atoms with Gasteiger partial charge in [0.25, 0.3) is 10.2 Å². The van der Waals surface area contributed by atoms with Gasteiger partial charge in [0, 0.05) is 18.8 Å². The molecule has 0 aromatic heterocycles. The molecule has 2 N–H and O–H groups in total. The molecule has 1 aromatic carbocycles. The lowest BCUT2D eigenvalue weighted by Crippen LogP contribution is -2.60. The molecule has 2 aliphatic rings. The van der Waals surface area contributed by atoms with Crippen molar-refractivity contribution in [3.8, 4) is 0 Å². The van der Waals surface area contributed by atoms with E-state index in [1.807, 2.05) is 0 Å². The third kappa shape index (κ3) is 3.97. The molecule has 138 valence electrons. The van der Waals surface area contributed by atoms with E-state index in [1.165, 1.54) is 19.2 Å². The van der Waals surface area contributed by atoms with Crippen molar-refractivity contribution in [2.75, 3.05) is 12.4 Å². The van der Waals surface area contributed by atoms with Crippen molar-refractivity contribution in [1.29, 1.82) is 0 Å². The second-order valence-corrected chi connectivity index (χ2v) is 8.83. The molecule has 1 amide bonds. The van der Waals surface area contributed by atoms with Gasteiger partial charge >= 0.3 is 0 Å². The first-order valence-corrected chi connectivity index (χ1v) is 10.1. The Labute approximate surface area is 151 Å². The van der Waals surface area contributed by atoms with Crippen molar-refractivity contribution in [2.45, 2.75) is 44.2 Å². The molecule has 9 heteroatoms. The van der Waals surface area contributed by atoms with Gasteiger partial charge in [0.2, 0.25) is 5.91 Å². The number of carbonyl (C=O) groups excluding carboxylic acids is 1. The maximum absolute atomic E-state index is 13.2. The van der Waals surface area contributed by atoms with Crippen LogP contribution >= 0.6 is 11.6 Å². The van der Waals surface area contributed by atoms with E-state index < -0.39 is 28.0 Å². The molecule has 2 atom stereocenters. The number of hydrogen-bond donors (Lipinski definition) is 2. The van der Waals surface area contributed by atoms with Gasteiger partial charge in [-0.25, -0.2) is 4.39 Å². The largest absolute Gasteiger partial charge is 0.325 e. The van der Waals surface area contributed by atoms with Crippen molar-refractivity contribution in [1.82, 2.24) is 9.03 Å². The molecule has 1 aliphatic carbocycles. The van der Waals surface area contributed by atoms with E-state index in [1.54, 1.807) is 0 Å². The second-order valence-electron chi connectivity index (χ2n) is 6.66. The zero-order chi connectivity index (χ0) is 18.2. The van der Waals surface area contributed by atoms with Crippen molar-refractivity contribution >= 4 is 33.4 Å². The number of benzene rings is 1. The van der Waals surface area contributed by atoms with Gasteiger partial charge in [0.15, 0.2) is 0 Å². The number of rotatable bonds is 3. The van der Waals surface area contributed by atoms with E-state index >= 15 is 0 Å². The van der Waals surface area contributed by atoms with Crippen LogP contribution in [-0.4, -0.2) is 37.8 Å². The van der Waals surface area contributed by atoms with Gasteiger partial charge in [-0.15, -0.1) is 0 Å². The van der Waals surface area contributed by atoms with Gasteiger partial charge < -0.3 is 5.32 Å². The fourth-order valence-corrected chi connectivity index (χ4v) is 5.13. The second kappa shape index (κ2) is 7.19. The fourth-order valence-electron chi connectivity index (χ4n) is 3.60. The van der Waals surface area contributed by atoms with E-state index in [0.717, 1.165) is 36.1 Å². The van der Waals surface area contributed by atoms with Crippen LogP contribution in [0.4, 0.5) is 10.1 Å². The third-order valence-electron chi connectivity index (χ3n) is 5.05. The standard InChI is InChI=1S/C16H21ClFN3O3S/c1-21-15(16(22)19-11-6-7-13(18)12(17)8-11)9-14(20-25(21,23)24)10-4-2-3-5-10/h6-8,10,14-15,20H,2-5,9H2,1H3,(H,19,22)/t14-,15+/m1/s1. The van der Waals surface area contributed by atoms with E-state index in [-0.39, 0.29) is 17.0 Å². The number of amides is 1. The van der Waals surface area contributed by atoms with Crippen molar-refractivity contribution in [2.24, 2.45) is 5.92 Å². The van der Waals surface area contributed by atoms with Crippen LogP contribution in [0.3, 0.4) is 0 Å². The fraction of sp³-hybridized carbons (Fsp3) is 0.562. The highest BCUT2D eigenvalue weighted by Crippen LogP contribution is 2.33. The molecule has 3 rings (SSSR count). The van der Waals surface area contributed by atoms with Crippen molar-refractivity contribution in [3.05, 3.63) is 29.0 Å². The summed E-state index contributed by atoms with van der Waals surface area (Å²) in [6.07, 6.45) is 4.52. The number of likely N-dealkylation sites (N-methyl/N-ethyl adjacent to an activating group) is 1. The summed E-state index contributed by atoms with van der Waals surface area (Å²) in [5.41, 5.74) is 0.332. The minimum atomic E-state index is -3.71. The van der Waals surface area contributed by atoms with Gasteiger partial charge in [-0.05, 0) is 43.4 Å². The summed E-state index contributed by atoms with van der Waals surface area (Å²) in [6.45, 7) is 0. The molecule has 2 fully saturated rings. The lowest BCUT2D eigenvalue weighted by Gasteiger charge is -2.38. The number of hydrogen-bond acceptors (Lipinski definition) is 3. The number of nitrogens with zero attached hydrogens (tertiary/aromatic N) is 1. The molecule has 1 aliphatic heterocycles. The summed E-state index contributed by atoms with van der Waals surface area (Å²) in [5.74, 6) is -0.764. The quantitative estimate of drug-likeness (QED) is 0.833. The first-order chi connectivity index (χ1) is 11.8. The molecular formula is C16H21ClFN3O3S. The van der Waals surface area contributed by atoms with Crippen LogP contribution in [0.2, 0.25) is 5.02 Å². The van der Waals surface area contributed by atoms with Crippen LogP contribution in [0.25, 0.3) is 0 Å². The number of carbonyl (C=O) groups is 1. The summed E-state index contributed by atoms with van der Waals surface area (Å²) in [6, 6.07) is 2.79. The summed E-state index contributed by atoms with van der Waals surface area (Å²) in [5, 5.41) is 2.53. The molecule has 0 unspecified atom stereocenters. The number of halogens is 2. The zero-order valence-electron chi connectivity index (χ0n) is 13.8. The van der Waals surface area contributed by atoms with E-state index in [2.05, 4.69) is 10.0 Å². The summed E-state index contributed by atoms with van der Waals surface area (Å²) < 4.78 is 41.7. The van der Waals surface area contributed by atoms with Gasteiger partial charge in [-0.2, -0.15) is 17.4 Å². The van der Waals surface area contributed by atoms with Gasteiger partial charge in [-0.3, -0.25) is 4.79 Å². The van der Waals surface area contributed by atoms with Crippen LogP contribution in [0, 0.1) is 11.7 Å². The first-order valence-electron chi connectivity index (χ1n) is 8.29. The summed E-state index contributed by atoms with van der Waals surface area (Å²) >= 11 is 5.72. The SMILES string of the molecule is CN1[C@H](C(=O)Nc2ccc(F)c(Cl)c2)C[C@H](C2CCCC2)NS1(=O)=O. The Kier molecular flexibility index (Phi) is 5.34. The minimum Gasteiger partial charge on any atom is -0.325 e. The average molecular weight is 390 g/mol. The van der Waals surface area contributed by atoms with Crippen LogP contribution < -0.4 is 10.0 Å². The normalized spacial score (nSPS) is 27.3. The maximum Gasteiger partial charge on any atom is 0.280 e. The topological polar surface area (TPSA) is 78.5 Å². The molecular weight excluding hydrogens is 369 g/mol. The molecule has 25 heavy (non-hydrogen) atoms. The van der Waals surface area contributed by atoms with Crippen LogP contribution in [0.5, 0.6) is 0 Å². The molecule has 1 heterocycles. The summed E-state index contributed by atoms with van der Waals surface area (Å²) in [4.78, 5) is 12.6. The van der Waals surface area contributed by atoms with Gasteiger partial charge in [0.1, 0.15) is 11.9 Å². The smallest absolute Gasteiger partial charge is 0.280 e. The van der Waals surface area contributed by atoms with Crippen LogP contribution in [0.15, 0.2) is 18.2 Å². The number of nitrogens with one attached hydrogen (secondary N) is 2. The summed E-state index contributed by atoms with van der Waals surface area (Å²) in [7, 11) is -2.33. The maximum atomic E-state index is 13.2.